The molecule has 0 radical (unpaired) electrons. The van der Waals surface area contributed by atoms with Crippen molar-refractivity contribution in [3.63, 3.8) is 0 Å². The molecule has 0 spiro atoms. The van der Waals surface area contributed by atoms with Crippen molar-refractivity contribution >= 4 is 27.8 Å². The third-order valence-corrected chi connectivity index (χ3v) is 5.39. The highest BCUT2D eigenvalue weighted by molar-refractivity contribution is 7.17. The lowest BCUT2D eigenvalue weighted by molar-refractivity contribution is 0.572. The third kappa shape index (κ3) is 2.74. The molecule has 3 rings (SSSR count). The van der Waals surface area contributed by atoms with E-state index < -0.39 is 0 Å². The summed E-state index contributed by atoms with van der Waals surface area (Å²) in [6.45, 7) is 9.72. The zero-order valence-electron chi connectivity index (χ0n) is 12.5. The van der Waals surface area contributed by atoms with Crippen molar-refractivity contribution in [2.45, 2.75) is 51.9 Å². The lowest BCUT2D eigenvalue weighted by atomic mass is 9.91. The van der Waals surface area contributed by atoms with Gasteiger partial charge in [0.25, 0.3) is 0 Å². The van der Waals surface area contributed by atoms with Crippen molar-refractivity contribution in [1.29, 1.82) is 0 Å². The number of nitrogens with one attached hydrogen (secondary N) is 1. The zero-order chi connectivity index (χ0) is 14.3. The van der Waals surface area contributed by atoms with Gasteiger partial charge in [0.1, 0.15) is 0 Å². The van der Waals surface area contributed by atoms with Gasteiger partial charge in [-0.1, -0.05) is 20.8 Å². The summed E-state index contributed by atoms with van der Waals surface area (Å²) in [5, 5.41) is 7.75. The summed E-state index contributed by atoms with van der Waals surface area (Å²) in [4.78, 5) is 10.9. The first-order chi connectivity index (χ1) is 9.49. The van der Waals surface area contributed by atoms with Gasteiger partial charge in [0, 0.05) is 23.3 Å². The normalized spacial score (nSPS) is 15.6. The van der Waals surface area contributed by atoms with E-state index in [0.29, 0.717) is 5.92 Å². The molecule has 1 aliphatic rings. The molecule has 1 fully saturated rings. The maximum atomic E-state index is 4.94. The number of aromatic nitrogens is 2. The van der Waals surface area contributed by atoms with Crippen LogP contribution in [0.3, 0.4) is 0 Å². The SMILES string of the molecule is CCNc1nc(-c2sc(C3CC3)nc2C(C)(C)C)cs1. The lowest BCUT2D eigenvalue weighted by Gasteiger charge is -2.16. The van der Waals surface area contributed by atoms with Crippen molar-refractivity contribution in [3.05, 3.63) is 16.1 Å². The van der Waals surface area contributed by atoms with Crippen LogP contribution in [0.5, 0.6) is 0 Å². The fraction of sp³-hybridized carbons (Fsp3) is 0.600. The predicted octanol–water partition coefficient (Wildman–Crippen LogP) is 4.87. The summed E-state index contributed by atoms with van der Waals surface area (Å²) in [6, 6.07) is 0. The fourth-order valence-electron chi connectivity index (χ4n) is 2.13. The van der Waals surface area contributed by atoms with Gasteiger partial charge in [-0.15, -0.1) is 22.7 Å². The van der Waals surface area contributed by atoms with E-state index in [0.717, 1.165) is 17.4 Å². The molecule has 1 saturated carbocycles. The van der Waals surface area contributed by atoms with Crippen molar-refractivity contribution in [3.8, 4) is 10.6 Å². The smallest absolute Gasteiger partial charge is 0.183 e. The second kappa shape index (κ2) is 5.11. The highest BCUT2D eigenvalue weighted by Crippen LogP contribution is 2.47. The van der Waals surface area contributed by atoms with Crippen LogP contribution in [0.2, 0.25) is 0 Å². The van der Waals surface area contributed by atoms with Crippen LogP contribution in [0.15, 0.2) is 5.38 Å². The molecule has 0 aromatic carbocycles. The van der Waals surface area contributed by atoms with Crippen LogP contribution >= 0.6 is 22.7 Å². The maximum Gasteiger partial charge on any atom is 0.183 e. The Balaban J connectivity index is 2.01. The van der Waals surface area contributed by atoms with E-state index in [4.69, 9.17) is 9.97 Å². The molecule has 0 unspecified atom stereocenters. The predicted molar refractivity (Wildman–Crippen MR) is 88.1 cm³/mol. The molecule has 0 bridgehead atoms. The van der Waals surface area contributed by atoms with Gasteiger partial charge in [-0.25, -0.2) is 9.97 Å². The summed E-state index contributed by atoms with van der Waals surface area (Å²) in [5.74, 6) is 0.710. The van der Waals surface area contributed by atoms with E-state index in [-0.39, 0.29) is 5.41 Å². The van der Waals surface area contributed by atoms with Gasteiger partial charge < -0.3 is 5.32 Å². The van der Waals surface area contributed by atoms with Crippen LogP contribution < -0.4 is 5.32 Å². The average molecular weight is 307 g/mol. The lowest BCUT2D eigenvalue weighted by Crippen LogP contribution is -2.13. The molecule has 1 N–H and O–H groups in total. The molecule has 0 amide bonds. The molecule has 108 valence electrons. The molecule has 2 heterocycles. The van der Waals surface area contributed by atoms with Crippen LogP contribution in [0, 0.1) is 0 Å². The Kier molecular flexibility index (Phi) is 3.58. The highest BCUT2D eigenvalue weighted by atomic mass is 32.1. The Hall–Kier alpha value is -0.940. The molecule has 0 atom stereocenters. The Labute approximate surface area is 128 Å². The minimum absolute atomic E-state index is 0.0704. The van der Waals surface area contributed by atoms with Gasteiger partial charge in [-0.2, -0.15) is 0 Å². The first-order valence-corrected chi connectivity index (χ1v) is 8.89. The molecule has 1 aliphatic carbocycles. The molecule has 0 saturated heterocycles. The summed E-state index contributed by atoms with van der Waals surface area (Å²) in [7, 11) is 0. The molecule has 20 heavy (non-hydrogen) atoms. The first kappa shape index (κ1) is 14.0. The Bertz CT molecular complexity index is 603. The van der Waals surface area contributed by atoms with Crippen molar-refractivity contribution in [1.82, 2.24) is 9.97 Å². The van der Waals surface area contributed by atoms with Gasteiger partial charge in [0.15, 0.2) is 5.13 Å². The van der Waals surface area contributed by atoms with Crippen molar-refractivity contribution in [2.75, 3.05) is 11.9 Å². The highest BCUT2D eigenvalue weighted by Gasteiger charge is 2.32. The number of rotatable bonds is 4. The fourth-order valence-corrected chi connectivity index (χ4v) is 4.39. The second-order valence-corrected chi connectivity index (χ2v) is 8.21. The third-order valence-electron chi connectivity index (χ3n) is 3.35. The van der Waals surface area contributed by atoms with Crippen molar-refractivity contribution < 1.29 is 0 Å². The quantitative estimate of drug-likeness (QED) is 0.875. The number of hydrogen-bond acceptors (Lipinski definition) is 5. The van der Waals surface area contributed by atoms with Crippen LogP contribution in [-0.4, -0.2) is 16.5 Å². The summed E-state index contributed by atoms with van der Waals surface area (Å²) in [5.41, 5.74) is 2.36. The first-order valence-electron chi connectivity index (χ1n) is 7.20. The van der Waals surface area contributed by atoms with Crippen LogP contribution in [0.1, 0.15) is 57.2 Å². The number of nitrogens with zero attached hydrogens (tertiary/aromatic N) is 2. The topological polar surface area (TPSA) is 37.8 Å². The van der Waals surface area contributed by atoms with Gasteiger partial charge in [0.05, 0.1) is 21.3 Å². The van der Waals surface area contributed by atoms with Gasteiger partial charge in [0.2, 0.25) is 0 Å². The van der Waals surface area contributed by atoms with E-state index in [1.807, 2.05) is 11.3 Å². The molecular formula is C15H21N3S2. The number of hydrogen-bond donors (Lipinski definition) is 1. The van der Waals surface area contributed by atoms with E-state index in [1.165, 1.54) is 28.4 Å². The van der Waals surface area contributed by atoms with Crippen molar-refractivity contribution in [2.24, 2.45) is 0 Å². The minimum atomic E-state index is 0.0704. The number of thiazole rings is 2. The molecule has 3 nitrogen and oxygen atoms in total. The Morgan fingerprint density at radius 1 is 1.30 bits per heavy atom. The standard InChI is InChI=1S/C15H21N3S2/c1-5-16-14-17-10(8-19-14)11-12(15(2,3)4)18-13(20-11)9-6-7-9/h8-9H,5-7H2,1-4H3,(H,16,17). The van der Waals surface area contributed by atoms with Crippen LogP contribution in [-0.2, 0) is 5.41 Å². The van der Waals surface area contributed by atoms with E-state index in [2.05, 4.69) is 38.4 Å². The molecular weight excluding hydrogens is 286 g/mol. The summed E-state index contributed by atoms with van der Waals surface area (Å²) in [6.07, 6.45) is 2.60. The maximum absolute atomic E-state index is 4.94. The zero-order valence-corrected chi connectivity index (χ0v) is 14.1. The second-order valence-electron chi connectivity index (χ2n) is 6.32. The van der Waals surface area contributed by atoms with E-state index in [9.17, 15) is 0 Å². The minimum Gasteiger partial charge on any atom is -0.362 e. The number of anilines is 1. The van der Waals surface area contributed by atoms with E-state index in [1.54, 1.807) is 11.3 Å². The molecule has 2 aromatic heterocycles. The average Bonchev–Trinajstić information content (AvgIpc) is 2.95. The van der Waals surface area contributed by atoms with Gasteiger partial charge in [-0.05, 0) is 19.8 Å². The van der Waals surface area contributed by atoms with Gasteiger partial charge >= 0.3 is 0 Å². The molecule has 5 heteroatoms. The van der Waals surface area contributed by atoms with Crippen LogP contribution in [0.4, 0.5) is 5.13 Å². The van der Waals surface area contributed by atoms with Crippen LogP contribution in [0.25, 0.3) is 10.6 Å². The summed E-state index contributed by atoms with van der Waals surface area (Å²) < 4.78 is 0. The monoisotopic (exact) mass is 307 g/mol. The Morgan fingerprint density at radius 3 is 2.65 bits per heavy atom. The van der Waals surface area contributed by atoms with E-state index >= 15 is 0 Å². The molecule has 0 aliphatic heterocycles. The largest absolute Gasteiger partial charge is 0.362 e. The molecule has 2 aromatic rings. The Morgan fingerprint density at radius 2 is 2.05 bits per heavy atom. The van der Waals surface area contributed by atoms with Gasteiger partial charge in [-0.3, -0.25) is 0 Å². The summed E-state index contributed by atoms with van der Waals surface area (Å²) >= 11 is 3.53.